The molecule has 0 spiro atoms. The van der Waals surface area contributed by atoms with Gasteiger partial charge in [0.15, 0.2) is 5.78 Å². The van der Waals surface area contributed by atoms with Crippen molar-refractivity contribution in [1.29, 1.82) is 0 Å². The quantitative estimate of drug-likeness (QED) is 0.806. The largest absolute Gasteiger partial charge is 0.444 e. The molecule has 1 aliphatic rings. The second-order valence-electron chi connectivity index (χ2n) is 7.64. The fraction of sp³-hybridized carbons (Fsp3) is 0.882. The molecule has 1 amide bonds. The first kappa shape index (κ1) is 19.9. The molecule has 0 bridgehead atoms. The lowest BCUT2D eigenvalue weighted by atomic mass is 9.88. The molecule has 23 heavy (non-hydrogen) atoms. The minimum absolute atomic E-state index is 0.0440. The number of nitrogens with zero attached hydrogens (tertiary/aromatic N) is 1. The van der Waals surface area contributed by atoms with E-state index in [0.29, 0.717) is 13.0 Å². The summed E-state index contributed by atoms with van der Waals surface area (Å²) in [6.45, 7) is 12.7. The van der Waals surface area contributed by atoms with E-state index in [4.69, 9.17) is 10.5 Å². The number of carbonyl (C=O) groups is 2. The van der Waals surface area contributed by atoms with Gasteiger partial charge in [0.2, 0.25) is 0 Å². The number of likely N-dealkylation sites (tertiary alicyclic amines) is 1. The second-order valence-corrected chi connectivity index (χ2v) is 7.64. The van der Waals surface area contributed by atoms with Crippen LogP contribution in [0, 0.1) is 5.92 Å². The van der Waals surface area contributed by atoms with Gasteiger partial charge >= 0.3 is 6.09 Å². The number of amides is 1. The summed E-state index contributed by atoms with van der Waals surface area (Å²) in [6, 6.07) is -0.850. The molecule has 0 aromatic rings. The van der Waals surface area contributed by atoms with Gasteiger partial charge in [-0.25, -0.2) is 4.79 Å². The van der Waals surface area contributed by atoms with Gasteiger partial charge in [-0.15, -0.1) is 0 Å². The summed E-state index contributed by atoms with van der Waals surface area (Å²) in [6.07, 6.45) is 0.974. The molecule has 6 nitrogen and oxygen atoms in total. The van der Waals surface area contributed by atoms with Crippen LogP contribution >= 0.6 is 0 Å². The first-order valence-electron chi connectivity index (χ1n) is 8.59. The van der Waals surface area contributed by atoms with Gasteiger partial charge in [-0.05, 0) is 46.1 Å². The molecule has 0 aromatic carbocycles. The van der Waals surface area contributed by atoms with Gasteiger partial charge < -0.3 is 15.8 Å². The second kappa shape index (κ2) is 8.11. The number of ether oxygens (including phenoxy) is 1. The summed E-state index contributed by atoms with van der Waals surface area (Å²) >= 11 is 0. The molecule has 1 aliphatic heterocycles. The van der Waals surface area contributed by atoms with Crippen LogP contribution in [0.25, 0.3) is 0 Å². The maximum Gasteiger partial charge on any atom is 0.410 e. The topological polar surface area (TPSA) is 84.7 Å². The third-order valence-electron chi connectivity index (χ3n) is 4.10. The zero-order valence-corrected chi connectivity index (χ0v) is 15.4. The van der Waals surface area contributed by atoms with E-state index in [2.05, 4.69) is 5.32 Å². The van der Waals surface area contributed by atoms with E-state index in [1.54, 1.807) is 4.90 Å². The van der Waals surface area contributed by atoms with E-state index in [1.807, 2.05) is 41.5 Å². The number of rotatable bonds is 5. The lowest BCUT2D eigenvalue weighted by molar-refractivity contribution is -0.128. The summed E-state index contributed by atoms with van der Waals surface area (Å²) in [4.78, 5) is 26.8. The fourth-order valence-corrected chi connectivity index (χ4v) is 2.80. The van der Waals surface area contributed by atoms with E-state index in [1.165, 1.54) is 0 Å². The Bertz CT molecular complexity index is 418. The Morgan fingerprint density at radius 3 is 2.43 bits per heavy atom. The van der Waals surface area contributed by atoms with Crippen LogP contribution in [0.5, 0.6) is 0 Å². The van der Waals surface area contributed by atoms with E-state index in [9.17, 15) is 9.59 Å². The number of Topliss-reactive ketones (excluding diaryl/α,β-unsaturated/α-hetero) is 1. The van der Waals surface area contributed by atoms with Crippen molar-refractivity contribution >= 4 is 11.9 Å². The Labute approximate surface area is 140 Å². The number of nitrogens with two attached hydrogens (primary N) is 1. The molecule has 0 aromatic heterocycles. The maximum atomic E-state index is 12.8. The smallest absolute Gasteiger partial charge is 0.410 e. The molecule has 3 atom stereocenters. The van der Waals surface area contributed by atoms with E-state index in [-0.39, 0.29) is 17.7 Å². The SMILES string of the molecule is CCNC1CCN(C(=O)OC(C)(C)C)C(C(=O)C(N)C(C)C)C1. The first-order chi connectivity index (χ1) is 10.6. The zero-order chi connectivity index (χ0) is 17.8. The lowest BCUT2D eigenvalue weighted by Gasteiger charge is -2.40. The van der Waals surface area contributed by atoms with Gasteiger partial charge in [0.05, 0.1) is 12.1 Å². The Hall–Kier alpha value is -1.14. The van der Waals surface area contributed by atoms with Gasteiger partial charge in [-0.2, -0.15) is 0 Å². The molecule has 0 saturated carbocycles. The molecule has 3 N–H and O–H groups in total. The molecule has 0 aliphatic carbocycles. The molecule has 1 rings (SSSR count). The third kappa shape index (κ3) is 5.77. The number of nitrogens with one attached hydrogen (secondary N) is 1. The van der Waals surface area contributed by atoms with Crippen molar-refractivity contribution in [2.75, 3.05) is 13.1 Å². The minimum atomic E-state index is -0.580. The third-order valence-corrected chi connectivity index (χ3v) is 4.10. The van der Waals surface area contributed by atoms with Gasteiger partial charge in [0.25, 0.3) is 0 Å². The molecule has 1 heterocycles. The van der Waals surface area contributed by atoms with Crippen molar-refractivity contribution in [3.05, 3.63) is 0 Å². The van der Waals surface area contributed by atoms with Gasteiger partial charge in [0.1, 0.15) is 5.60 Å². The highest BCUT2D eigenvalue weighted by atomic mass is 16.6. The zero-order valence-electron chi connectivity index (χ0n) is 15.4. The molecule has 1 saturated heterocycles. The fourth-order valence-electron chi connectivity index (χ4n) is 2.80. The van der Waals surface area contributed by atoms with E-state index in [0.717, 1.165) is 13.0 Å². The van der Waals surface area contributed by atoms with Crippen LogP contribution < -0.4 is 11.1 Å². The number of ketones is 1. The summed E-state index contributed by atoms with van der Waals surface area (Å²) < 4.78 is 5.47. The van der Waals surface area contributed by atoms with Crippen molar-refractivity contribution in [2.24, 2.45) is 11.7 Å². The highest BCUT2D eigenvalue weighted by Crippen LogP contribution is 2.23. The van der Waals surface area contributed by atoms with Crippen LogP contribution in [0.15, 0.2) is 0 Å². The average molecular weight is 327 g/mol. The van der Waals surface area contributed by atoms with Gasteiger partial charge in [-0.1, -0.05) is 20.8 Å². The molecule has 134 valence electrons. The van der Waals surface area contributed by atoms with Crippen molar-refractivity contribution in [1.82, 2.24) is 10.2 Å². The molecular formula is C17H33N3O3. The highest BCUT2D eigenvalue weighted by Gasteiger charge is 2.40. The monoisotopic (exact) mass is 327 g/mol. The predicted octanol–water partition coefficient (Wildman–Crippen LogP) is 1.92. The number of hydrogen-bond acceptors (Lipinski definition) is 5. The molecule has 1 fully saturated rings. The summed E-state index contributed by atoms with van der Waals surface area (Å²) in [5.41, 5.74) is 5.47. The standard InChI is InChI=1S/C17H33N3O3/c1-7-19-12-8-9-20(16(22)23-17(4,5)6)13(10-12)15(21)14(18)11(2)3/h11-14,19H,7-10,18H2,1-6H3. The first-order valence-corrected chi connectivity index (χ1v) is 8.59. The van der Waals surface area contributed by atoms with Crippen LogP contribution in [0.3, 0.4) is 0 Å². The minimum Gasteiger partial charge on any atom is -0.444 e. The highest BCUT2D eigenvalue weighted by molar-refractivity contribution is 5.91. The normalized spacial score (nSPS) is 23.7. The molecular weight excluding hydrogens is 294 g/mol. The molecule has 3 unspecified atom stereocenters. The van der Waals surface area contributed by atoms with Crippen molar-refractivity contribution in [3.8, 4) is 0 Å². The van der Waals surface area contributed by atoms with Crippen LogP contribution in [0.1, 0.15) is 54.4 Å². The summed E-state index contributed by atoms with van der Waals surface area (Å²) in [5.74, 6) is -0.0315. The van der Waals surface area contributed by atoms with Crippen molar-refractivity contribution < 1.29 is 14.3 Å². The Morgan fingerprint density at radius 1 is 1.35 bits per heavy atom. The predicted molar refractivity (Wildman–Crippen MR) is 91.2 cm³/mol. The maximum absolute atomic E-state index is 12.8. The lowest BCUT2D eigenvalue weighted by Crippen LogP contribution is -2.58. The Morgan fingerprint density at radius 2 is 1.96 bits per heavy atom. The van der Waals surface area contributed by atoms with Crippen LogP contribution in [-0.2, 0) is 9.53 Å². The summed E-state index contributed by atoms with van der Waals surface area (Å²) in [5, 5.41) is 3.37. The number of carbonyl (C=O) groups excluding carboxylic acids is 2. The van der Waals surface area contributed by atoms with Crippen LogP contribution in [0.2, 0.25) is 0 Å². The average Bonchev–Trinajstić information content (AvgIpc) is 2.44. The van der Waals surface area contributed by atoms with Crippen LogP contribution in [-0.4, -0.2) is 53.6 Å². The summed E-state index contributed by atoms with van der Waals surface area (Å²) in [7, 11) is 0. The Balaban J connectivity index is 2.93. The van der Waals surface area contributed by atoms with Crippen LogP contribution in [0.4, 0.5) is 4.79 Å². The van der Waals surface area contributed by atoms with Crippen molar-refractivity contribution in [2.45, 2.75) is 78.1 Å². The van der Waals surface area contributed by atoms with E-state index < -0.39 is 23.8 Å². The molecule has 6 heteroatoms. The Kier molecular flexibility index (Phi) is 7.02. The molecule has 0 radical (unpaired) electrons. The van der Waals surface area contributed by atoms with E-state index >= 15 is 0 Å². The van der Waals surface area contributed by atoms with Gasteiger partial charge in [-0.3, -0.25) is 9.69 Å². The number of hydrogen-bond donors (Lipinski definition) is 2. The number of piperidine rings is 1. The van der Waals surface area contributed by atoms with Gasteiger partial charge in [0, 0.05) is 12.6 Å². The van der Waals surface area contributed by atoms with Crippen molar-refractivity contribution in [3.63, 3.8) is 0 Å².